The Kier molecular flexibility index (Phi) is 6.92. The van der Waals surface area contributed by atoms with E-state index in [0.717, 1.165) is 5.56 Å². The standard InChI is InChI=1S/C14H22N2O3/c1-11(2)10-19-14(17)15-9-13(16-18)8-12-6-4-3-5-7-12/h3-7,11,13,16,18H,8-10H2,1-2H3,(H,15,17). The van der Waals surface area contributed by atoms with Gasteiger partial charge in [-0.3, -0.25) is 0 Å². The van der Waals surface area contributed by atoms with Crippen LogP contribution in [0.15, 0.2) is 30.3 Å². The van der Waals surface area contributed by atoms with Crippen LogP contribution in [0.25, 0.3) is 0 Å². The average molecular weight is 266 g/mol. The molecule has 5 heteroatoms. The Balaban J connectivity index is 2.31. The molecule has 0 saturated heterocycles. The van der Waals surface area contributed by atoms with E-state index in [1.54, 1.807) is 0 Å². The number of hydrogen-bond acceptors (Lipinski definition) is 4. The van der Waals surface area contributed by atoms with Gasteiger partial charge in [-0.2, -0.15) is 0 Å². The molecule has 0 radical (unpaired) electrons. The minimum atomic E-state index is -0.456. The fourth-order valence-electron chi connectivity index (χ4n) is 1.56. The molecule has 0 saturated carbocycles. The van der Waals surface area contributed by atoms with Crippen LogP contribution in [0.1, 0.15) is 19.4 Å². The summed E-state index contributed by atoms with van der Waals surface area (Å²) in [7, 11) is 0. The van der Waals surface area contributed by atoms with Crippen molar-refractivity contribution in [2.24, 2.45) is 5.92 Å². The summed E-state index contributed by atoms with van der Waals surface area (Å²) < 4.78 is 4.99. The molecule has 1 aromatic carbocycles. The molecule has 0 heterocycles. The summed E-state index contributed by atoms with van der Waals surface area (Å²) >= 11 is 0. The van der Waals surface area contributed by atoms with E-state index in [2.05, 4.69) is 10.8 Å². The van der Waals surface area contributed by atoms with Gasteiger partial charge in [0, 0.05) is 6.54 Å². The van der Waals surface area contributed by atoms with Crippen molar-refractivity contribution < 1.29 is 14.7 Å². The molecule has 1 rings (SSSR count). The topological polar surface area (TPSA) is 70.6 Å². The number of ether oxygens (including phenoxy) is 1. The van der Waals surface area contributed by atoms with Crippen molar-refractivity contribution in [3.05, 3.63) is 35.9 Å². The number of carbonyl (C=O) groups is 1. The third-order valence-electron chi connectivity index (χ3n) is 2.55. The SMILES string of the molecule is CC(C)COC(=O)NCC(Cc1ccccc1)NO. The maximum atomic E-state index is 11.4. The summed E-state index contributed by atoms with van der Waals surface area (Å²) in [6.45, 7) is 4.64. The number of hydroxylamine groups is 1. The first-order valence-corrected chi connectivity index (χ1v) is 6.46. The fraction of sp³-hybridized carbons (Fsp3) is 0.500. The van der Waals surface area contributed by atoms with Crippen LogP contribution in [0.3, 0.4) is 0 Å². The molecule has 0 bridgehead atoms. The van der Waals surface area contributed by atoms with Gasteiger partial charge >= 0.3 is 6.09 Å². The molecule has 0 spiro atoms. The highest BCUT2D eigenvalue weighted by Gasteiger charge is 2.11. The maximum absolute atomic E-state index is 11.4. The molecule has 106 valence electrons. The second-order valence-electron chi connectivity index (χ2n) is 4.89. The maximum Gasteiger partial charge on any atom is 0.407 e. The molecular weight excluding hydrogens is 244 g/mol. The fourth-order valence-corrected chi connectivity index (χ4v) is 1.56. The van der Waals surface area contributed by atoms with Crippen molar-refractivity contribution in [2.45, 2.75) is 26.3 Å². The van der Waals surface area contributed by atoms with E-state index in [0.29, 0.717) is 25.5 Å². The Hall–Kier alpha value is -1.59. The summed E-state index contributed by atoms with van der Waals surface area (Å²) in [6.07, 6.45) is 0.170. The monoisotopic (exact) mass is 266 g/mol. The van der Waals surface area contributed by atoms with E-state index < -0.39 is 6.09 Å². The van der Waals surface area contributed by atoms with Crippen LogP contribution in [0.5, 0.6) is 0 Å². The lowest BCUT2D eigenvalue weighted by molar-refractivity contribution is 0.112. The summed E-state index contributed by atoms with van der Waals surface area (Å²) in [6, 6.07) is 9.52. The van der Waals surface area contributed by atoms with E-state index in [1.165, 1.54) is 0 Å². The Morgan fingerprint density at radius 1 is 1.32 bits per heavy atom. The van der Waals surface area contributed by atoms with Crippen LogP contribution in [-0.2, 0) is 11.2 Å². The zero-order valence-corrected chi connectivity index (χ0v) is 11.4. The zero-order valence-electron chi connectivity index (χ0n) is 11.4. The second-order valence-corrected chi connectivity index (χ2v) is 4.89. The van der Waals surface area contributed by atoms with Crippen LogP contribution in [-0.4, -0.2) is 30.5 Å². The van der Waals surface area contributed by atoms with Gasteiger partial charge < -0.3 is 15.3 Å². The molecular formula is C14H22N2O3. The molecule has 19 heavy (non-hydrogen) atoms. The van der Waals surface area contributed by atoms with E-state index in [9.17, 15) is 4.79 Å². The number of nitrogens with one attached hydrogen (secondary N) is 2. The molecule has 0 fully saturated rings. The van der Waals surface area contributed by atoms with Gasteiger partial charge in [0.2, 0.25) is 0 Å². The molecule has 1 unspecified atom stereocenters. The van der Waals surface area contributed by atoms with Crippen molar-refractivity contribution in [3.8, 4) is 0 Å². The Labute approximate surface area is 113 Å². The largest absolute Gasteiger partial charge is 0.449 e. The number of hydrogen-bond donors (Lipinski definition) is 3. The second kappa shape index (κ2) is 8.50. The molecule has 3 N–H and O–H groups in total. The van der Waals surface area contributed by atoms with E-state index in [4.69, 9.17) is 9.94 Å². The highest BCUT2D eigenvalue weighted by Crippen LogP contribution is 2.02. The van der Waals surface area contributed by atoms with Gasteiger partial charge in [-0.25, -0.2) is 10.3 Å². The van der Waals surface area contributed by atoms with Crippen molar-refractivity contribution in [2.75, 3.05) is 13.2 Å². The van der Waals surface area contributed by atoms with Gasteiger partial charge in [-0.1, -0.05) is 44.2 Å². The van der Waals surface area contributed by atoms with Gasteiger partial charge in [0.1, 0.15) is 0 Å². The summed E-state index contributed by atoms with van der Waals surface area (Å²) in [4.78, 5) is 11.4. The lowest BCUT2D eigenvalue weighted by Crippen LogP contribution is -2.41. The molecule has 1 atom stereocenters. The smallest absolute Gasteiger partial charge is 0.407 e. The molecule has 0 aliphatic carbocycles. The van der Waals surface area contributed by atoms with Gasteiger partial charge in [0.25, 0.3) is 0 Å². The van der Waals surface area contributed by atoms with Crippen LogP contribution in [0.4, 0.5) is 4.79 Å². The van der Waals surface area contributed by atoms with Gasteiger partial charge in [-0.05, 0) is 17.9 Å². The first kappa shape index (κ1) is 15.5. The minimum Gasteiger partial charge on any atom is -0.449 e. The van der Waals surface area contributed by atoms with Crippen LogP contribution in [0, 0.1) is 5.92 Å². The molecule has 0 aliphatic rings. The average Bonchev–Trinajstić information content (AvgIpc) is 2.42. The minimum absolute atomic E-state index is 0.242. The zero-order chi connectivity index (χ0) is 14.1. The van der Waals surface area contributed by atoms with Crippen LogP contribution in [0.2, 0.25) is 0 Å². The normalized spacial score (nSPS) is 12.2. The first-order chi connectivity index (χ1) is 9.11. The predicted molar refractivity (Wildman–Crippen MR) is 73.0 cm³/mol. The van der Waals surface area contributed by atoms with E-state index >= 15 is 0 Å². The van der Waals surface area contributed by atoms with Gasteiger partial charge in [0.05, 0.1) is 12.6 Å². The van der Waals surface area contributed by atoms with Crippen LogP contribution < -0.4 is 10.8 Å². The number of alkyl carbamates (subject to hydrolysis) is 1. The lowest BCUT2D eigenvalue weighted by atomic mass is 10.1. The highest BCUT2D eigenvalue weighted by atomic mass is 16.5. The van der Waals surface area contributed by atoms with E-state index in [-0.39, 0.29) is 6.04 Å². The molecule has 0 aromatic heterocycles. The summed E-state index contributed by atoms with van der Waals surface area (Å²) in [5.41, 5.74) is 3.29. The van der Waals surface area contributed by atoms with Crippen molar-refractivity contribution in [3.63, 3.8) is 0 Å². The number of rotatable bonds is 7. The third-order valence-corrected chi connectivity index (χ3v) is 2.55. The molecule has 1 aromatic rings. The Morgan fingerprint density at radius 3 is 2.58 bits per heavy atom. The predicted octanol–water partition coefficient (Wildman–Crippen LogP) is 1.96. The van der Waals surface area contributed by atoms with Gasteiger partial charge in [0.15, 0.2) is 0 Å². The molecule has 1 amide bonds. The Morgan fingerprint density at radius 2 is 2.00 bits per heavy atom. The van der Waals surface area contributed by atoms with Crippen molar-refractivity contribution in [1.82, 2.24) is 10.8 Å². The van der Waals surface area contributed by atoms with Crippen molar-refractivity contribution in [1.29, 1.82) is 0 Å². The summed E-state index contributed by atoms with van der Waals surface area (Å²) in [5.74, 6) is 0.307. The van der Waals surface area contributed by atoms with Gasteiger partial charge in [-0.15, -0.1) is 0 Å². The van der Waals surface area contributed by atoms with Crippen molar-refractivity contribution >= 4 is 6.09 Å². The first-order valence-electron chi connectivity index (χ1n) is 6.46. The number of carbonyl (C=O) groups excluding carboxylic acids is 1. The Bertz CT molecular complexity index is 368. The lowest BCUT2D eigenvalue weighted by Gasteiger charge is -2.16. The summed E-state index contributed by atoms with van der Waals surface area (Å²) in [5, 5.41) is 11.7. The van der Waals surface area contributed by atoms with E-state index in [1.807, 2.05) is 44.2 Å². The molecule has 5 nitrogen and oxygen atoms in total. The quantitative estimate of drug-likeness (QED) is 0.660. The van der Waals surface area contributed by atoms with Crippen LogP contribution >= 0.6 is 0 Å². The highest BCUT2D eigenvalue weighted by molar-refractivity contribution is 5.67. The third kappa shape index (κ3) is 6.79. The molecule has 0 aliphatic heterocycles. The number of amides is 1. The number of benzene rings is 1.